The zero-order chi connectivity index (χ0) is 25.2. The minimum absolute atomic E-state index is 0.0752. The second kappa shape index (κ2) is 9.99. The molecule has 0 unspecified atom stereocenters. The number of aliphatic hydroxyl groups is 1. The van der Waals surface area contributed by atoms with Gasteiger partial charge in [0.2, 0.25) is 0 Å². The van der Waals surface area contributed by atoms with Crippen LogP contribution in [0.15, 0.2) is 61.6 Å². The Kier molecular flexibility index (Phi) is 7.02. The maximum absolute atomic E-state index is 13.9. The van der Waals surface area contributed by atoms with Gasteiger partial charge in [-0.1, -0.05) is 18.7 Å². The van der Waals surface area contributed by atoms with Crippen molar-refractivity contribution < 1.29 is 27.1 Å². The zero-order valence-electron chi connectivity index (χ0n) is 18.6. The third-order valence-corrected chi connectivity index (χ3v) is 5.70. The highest BCUT2D eigenvalue weighted by Crippen LogP contribution is 2.34. The average molecular weight is 490 g/mol. The van der Waals surface area contributed by atoms with Crippen molar-refractivity contribution in [3.8, 4) is 11.1 Å². The first-order chi connectivity index (χ1) is 16.6. The molecule has 3 heterocycles. The molecule has 1 atom stereocenters. The number of anilines is 2. The van der Waals surface area contributed by atoms with Crippen molar-refractivity contribution in [3.05, 3.63) is 78.5 Å². The predicted molar refractivity (Wildman–Crippen MR) is 124 cm³/mol. The fraction of sp³-hybridized carbons (Fsp3) is 0.280. The number of benzene rings is 1. The summed E-state index contributed by atoms with van der Waals surface area (Å²) in [7, 11) is 0. The van der Waals surface area contributed by atoms with Crippen LogP contribution in [0.4, 0.5) is 33.5 Å². The molecule has 1 aromatic carbocycles. The maximum Gasteiger partial charge on any atom is 0.311 e. The summed E-state index contributed by atoms with van der Waals surface area (Å²) in [5.41, 5.74) is 2.72. The Balaban J connectivity index is 1.57. The molecule has 2 aromatic heterocycles. The number of nitrogens with zero attached hydrogens (tertiary/aromatic N) is 3. The number of nitrogens with one attached hydrogen (secondary N) is 1. The Morgan fingerprint density at radius 3 is 2.54 bits per heavy atom. The van der Waals surface area contributed by atoms with Gasteiger partial charge >= 0.3 is 12.3 Å². The minimum Gasteiger partial charge on any atom is -0.391 e. The zero-order valence-corrected chi connectivity index (χ0v) is 18.6. The van der Waals surface area contributed by atoms with Crippen molar-refractivity contribution in [1.29, 1.82) is 0 Å². The van der Waals surface area contributed by atoms with Gasteiger partial charge in [-0.25, -0.2) is 18.2 Å². The molecule has 1 aliphatic heterocycles. The molecule has 10 heteroatoms. The summed E-state index contributed by atoms with van der Waals surface area (Å²) < 4.78 is 65.4. The van der Waals surface area contributed by atoms with Gasteiger partial charge in [0.15, 0.2) is 0 Å². The van der Waals surface area contributed by atoms with Gasteiger partial charge in [0, 0.05) is 60.0 Å². The van der Waals surface area contributed by atoms with E-state index in [2.05, 4.69) is 21.9 Å². The molecule has 35 heavy (non-hydrogen) atoms. The monoisotopic (exact) mass is 490 g/mol. The second-order valence-corrected chi connectivity index (χ2v) is 8.41. The summed E-state index contributed by atoms with van der Waals surface area (Å²) in [4.78, 5) is 10.4. The van der Waals surface area contributed by atoms with E-state index in [1.54, 1.807) is 12.3 Å². The number of pyridine rings is 2. The lowest BCUT2D eigenvalue weighted by Crippen LogP contribution is -2.29. The van der Waals surface area contributed by atoms with Crippen LogP contribution >= 0.6 is 0 Å². The highest BCUT2D eigenvalue weighted by molar-refractivity contribution is 5.82. The fourth-order valence-corrected chi connectivity index (χ4v) is 3.88. The molecule has 0 radical (unpaired) electrons. The number of aliphatic hydroxyl groups excluding tert-OH is 1. The van der Waals surface area contributed by atoms with Gasteiger partial charge in [0.1, 0.15) is 11.6 Å². The maximum atomic E-state index is 13.9. The number of alkyl halides is 4. The average Bonchev–Trinajstić information content (AvgIpc) is 3.25. The molecule has 3 aromatic rings. The molecular formula is C25H23F5N4O. The van der Waals surface area contributed by atoms with Crippen molar-refractivity contribution in [2.75, 3.05) is 23.3 Å². The molecule has 0 amide bonds. The van der Waals surface area contributed by atoms with E-state index < -0.39 is 30.7 Å². The van der Waals surface area contributed by atoms with Crippen LogP contribution in [0.5, 0.6) is 0 Å². The molecular weight excluding hydrogens is 467 g/mol. The standard InChI is InChI=1S/C25H23F5N4O/c1-15(33-20-4-2-16(3-5-20)10-25(29,30)24(27)28)17-9-22(18-8-19(26)13-31-11-18)23(32-12-17)34-7-6-21(35)14-34/h2-5,8-9,11-13,21,24,33,35H,1,6-7,10,14H2/t21-/m1/s1. The molecule has 4 rings (SSSR count). The first-order valence-electron chi connectivity index (χ1n) is 10.9. The van der Waals surface area contributed by atoms with Crippen LogP contribution in [0.3, 0.4) is 0 Å². The van der Waals surface area contributed by atoms with Crippen molar-refractivity contribution >= 4 is 17.2 Å². The van der Waals surface area contributed by atoms with E-state index in [4.69, 9.17) is 0 Å². The van der Waals surface area contributed by atoms with Gasteiger partial charge in [-0.15, -0.1) is 0 Å². The molecule has 0 spiro atoms. The first-order valence-corrected chi connectivity index (χ1v) is 10.9. The Hall–Kier alpha value is -3.53. The van der Waals surface area contributed by atoms with Crippen molar-refractivity contribution in [1.82, 2.24) is 9.97 Å². The topological polar surface area (TPSA) is 61.3 Å². The van der Waals surface area contributed by atoms with Gasteiger partial charge in [-0.2, -0.15) is 8.78 Å². The summed E-state index contributed by atoms with van der Waals surface area (Å²) in [6, 6.07) is 8.79. The molecule has 184 valence electrons. The Bertz CT molecular complexity index is 1200. The quantitative estimate of drug-likeness (QED) is 0.416. The smallest absolute Gasteiger partial charge is 0.311 e. The minimum atomic E-state index is -4.10. The molecule has 1 saturated heterocycles. The van der Waals surface area contributed by atoms with E-state index in [0.717, 1.165) is 6.20 Å². The highest BCUT2D eigenvalue weighted by Gasteiger charge is 2.40. The lowest BCUT2D eigenvalue weighted by molar-refractivity contribution is -0.127. The third-order valence-electron chi connectivity index (χ3n) is 5.70. The van der Waals surface area contributed by atoms with Gasteiger partial charge in [0.25, 0.3) is 0 Å². The Labute approximate surface area is 199 Å². The molecule has 2 N–H and O–H groups in total. The lowest BCUT2D eigenvalue weighted by Gasteiger charge is -2.21. The van der Waals surface area contributed by atoms with Gasteiger partial charge in [0.05, 0.1) is 12.3 Å². The van der Waals surface area contributed by atoms with Crippen LogP contribution in [0, 0.1) is 5.82 Å². The van der Waals surface area contributed by atoms with E-state index >= 15 is 0 Å². The SMILES string of the molecule is C=C(Nc1ccc(CC(F)(F)C(F)F)cc1)c1cnc(N2CC[C@@H](O)C2)c(-c2cncc(F)c2)c1. The summed E-state index contributed by atoms with van der Waals surface area (Å²) >= 11 is 0. The molecule has 1 aliphatic rings. The fourth-order valence-electron chi connectivity index (χ4n) is 3.88. The molecule has 5 nitrogen and oxygen atoms in total. The molecule has 0 aliphatic carbocycles. The first kappa shape index (κ1) is 24.6. The Morgan fingerprint density at radius 2 is 1.91 bits per heavy atom. The van der Waals surface area contributed by atoms with Crippen LogP contribution in [0.2, 0.25) is 0 Å². The number of halogens is 5. The van der Waals surface area contributed by atoms with Crippen LogP contribution < -0.4 is 10.2 Å². The largest absolute Gasteiger partial charge is 0.391 e. The summed E-state index contributed by atoms with van der Waals surface area (Å²) in [6.07, 6.45) is -0.475. The summed E-state index contributed by atoms with van der Waals surface area (Å²) in [5.74, 6) is -4.02. The van der Waals surface area contributed by atoms with E-state index in [1.807, 2.05) is 4.90 Å². The second-order valence-electron chi connectivity index (χ2n) is 8.41. The molecule has 1 fully saturated rings. The number of hydrogen-bond acceptors (Lipinski definition) is 5. The van der Waals surface area contributed by atoms with Gasteiger partial charge < -0.3 is 15.3 Å². The van der Waals surface area contributed by atoms with Crippen LogP contribution in [0.1, 0.15) is 17.5 Å². The molecule has 0 bridgehead atoms. The van der Waals surface area contributed by atoms with E-state index in [-0.39, 0.29) is 5.56 Å². The van der Waals surface area contributed by atoms with Crippen molar-refractivity contribution in [2.45, 2.75) is 31.3 Å². The normalized spacial score (nSPS) is 16.1. The van der Waals surface area contributed by atoms with Gasteiger partial charge in [-0.05, 0) is 36.2 Å². The van der Waals surface area contributed by atoms with E-state index in [9.17, 15) is 27.1 Å². The third kappa shape index (κ3) is 5.76. The number of aromatic nitrogens is 2. The predicted octanol–water partition coefficient (Wildman–Crippen LogP) is 5.38. The van der Waals surface area contributed by atoms with Crippen LogP contribution in [0.25, 0.3) is 16.8 Å². The van der Waals surface area contributed by atoms with Gasteiger partial charge in [-0.3, -0.25) is 4.98 Å². The number of β-amino-alcohol motifs (C(OH)–C–C–N with tert-alkyl or cyclic N) is 1. The van der Waals surface area contributed by atoms with E-state index in [1.165, 1.54) is 36.5 Å². The van der Waals surface area contributed by atoms with Crippen LogP contribution in [-0.2, 0) is 6.42 Å². The number of rotatable bonds is 8. The van der Waals surface area contributed by atoms with Crippen molar-refractivity contribution in [3.63, 3.8) is 0 Å². The summed E-state index contributed by atoms with van der Waals surface area (Å²) in [5, 5.41) is 13.0. The number of hydrogen-bond donors (Lipinski definition) is 2. The van der Waals surface area contributed by atoms with Crippen molar-refractivity contribution in [2.24, 2.45) is 0 Å². The highest BCUT2D eigenvalue weighted by atomic mass is 19.3. The Morgan fingerprint density at radius 1 is 1.17 bits per heavy atom. The summed E-state index contributed by atoms with van der Waals surface area (Å²) in [6.45, 7) is 5.00. The molecule has 0 saturated carbocycles. The lowest BCUT2D eigenvalue weighted by atomic mass is 10.0. The van der Waals surface area contributed by atoms with Crippen LogP contribution in [-0.4, -0.2) is 46.6 Å². The van der Waals surface area contributed by atoms with E-state index in [0.29, 0.717) is 53.4 Å².